The fourth-order valence-electron chi connectivity index (χ4n) is 2.97. The lowest BCUT2D eigenvalue weighted by Gasteiger charge is -2.48. The molecule has 2 aliphatic heterocycles. The van der Waals surface area contributed by atoms with Crippen LogP contribution < -0.4 is 0 Å². The van der Waals surface area contributed by atoms with E-state index in [2.05, 4.69) is 32.6 Å². The summed E-state index contributed by atoms with van der Waals surface area (Å²) in [5.41, 5.74) is 0.640. The van der Waals surface area contributed by atoms with Crippen molar-refractivity contribution in [3.05, 3.63) is 0 Å². The van der Waals surface area contributed by atoms with Crippen LogP contribution in [0.1, 0.15) is 53.4 Å². The summed E-state index contributed by atoms with van der Waals surface area (Å²) >= 11 is 0. The standard InChI is InChI=1S/C14H27NO/c1-12(2)15-9-7-14(8-10-15)6-5-13(3,4)16-11-14/h12H,5-11H2,1-4H3. The maximum Gasteiger partial charge on any atom is 0.0627 e. The lowest BCUT2D eigenvalue weighted by atomic mass is 9.71. The average Bonchev–Trinajstić information content (AvgIpc) is 2.24. The minimum atomic E-state index is 0.125. The quantitative estimate of drug-likeness (QED) is 0.680. The highest BCUT2D eigenvalue weighted by Gasteiger charge is 2.41. The van der Waals surface area contributed by atoms with E-state index in [1.807, 2.05) is 0 Å². The highest BCUT2D eigenvalue weighted by Crippen LogP contribution is 2.43. The molecule has 0 saturated carbocycles. The van der Waals surface area contributed by atoms with E-state index < -0.39 is 0 Å². The Morgan fingerprint density at radius 2 is 1.62 bits per heavy atom. The van der Waals surface area contributed by atoms with E-state index in [1.54, 1.807) is 0 Å². The molecule has 0 aromatic carbocycles. The molecule has 0 radical (unpaired) electrons. The van der Waals surface area contributed by atoms with Gasteiger partial charge in [-0.05, 0) is 71.9 Å². The predicted molar refractivity (Wildman–Crippen MR) is 67.6 cm³/mol. The van der Waals surface area contributed by atoms with Crippen molar-refractivity contribution in [2.45, 2.75) is 65.0 Å². The summed E-state index contributed by atoms with van der Waals surface area (Å²) in [6, 6.07) is 0.707. The maximum absolute atomic E-state index is 6.04. The highest BCUT2D eigenvalue weighted by atomic mass is 16.5. The highest BCUT2D eigenvalue weighted by molar-refractivity contribution is 4.92. The van der Waals surface area contributed by atoms with E-state index in [1.165, 1.54) is 38.8 Å². The first-order chi connectivity index (χ1) is 7.43. The molecule has 0 unspecified atom stereocenters. The van der Waals surface area contributed by atoms with Crippen molar-refractivity contribution in [1.29, 1.82) is 0 Å². The van der Waals surface area contributed by atoms with Gasteiger partial charge in [-0.2, -0.15) is 0 Å². The molecule has 2 saturated heterocycles. The Bertz CT molecular complexity index is 227. The molecule has 0 N–H and O–H groups in total. The van der Waals surface area contributed by atoms with Crippen LogP contribution in [0.2, 0.25) is 0 Å². The Hall–Kier alpha value is -0.0800. The predicted octanol–water partition coefficient (Wildman–Crippen LogP) is 3.07. The summed E-state index contributed by atoms with van der Waals surface area (Å²) < 4.78 is 6.04. The molecule has 2 heteroatoms. The zero-order chi connectivity index (χ0) is 11.8. The second-order valence-electron chi connectivity index (χ2n) is 6.68. The maximum atomic E-state index is 6.04. The molecule has 94 valence electrons. The van der Waals surface area contributed by atoms with E-state index in [-0.39, 0.29) is 5.60 Å². The van der Waals surface area contributed by atoms with E-state index in [0.717, 1.165) is 6.61 Å². The van der Waals surface area contributed by atoms with Crippen molar-refractivity contribution in [3.63, 3.8) is 0 Å². The molecule has 0 aliphatic carbocycles. The van der Waals surface area contributed by atoms with E-state index in [9.17, 15) is 0 Å². The molecule has 2 nitrogen and oxygen atoms in total. The summed E-state index contributed by atoms with van der Waals surface area (Å²) in [6.07, 6.45) is 5.27. The first-order valence-electron chi connectivity index (χ1n) is 6.81. The molecule has 16 heavy (non-hydrogen) atoms. The van der Waals surface area contributed by atoms with Gasteiger partial charge in [-0.15, -0.1) is 0 Å². The molecule has 0 aromatic heterocycles. The van der Waals surface area contributed by atoms with Gasteiger partial charge in [0.05, 0.1) is 12.2 Å². The Labute approximate surface area is 100 Å². The molecular formula is C14H27NO. The Balaban J connectivity index is 1.89. The number of ether oxygens (including phenoxy) is 1. The van der Waals surface area contributed by atoms with Gasteiger partial charge < -0.3 is 9.64 Å². The molecule has 2 fully saturated rings. The van der Waals surface area contributed by atoms with Crippen LogP contribution in [0, 0.1) is 5.41 Å². The van der Waals surface area contributed by atoms with Gasteiger partial charge in [0, 0.05) is 6.04 Å². The minimum absolute atomic E-state index is 0.125. The van der Waals surface area contributed by atoms with Crippen LogP contribution in [0.15, 0.2) is 0 Å². The van der Waals surface area contributed by atoms with E-state index in [4.69, 9.17) is 4.74 Å². The third-order valence-electron chi connectivity index (χ3n) is 4.62. The lowest BCUT2D eigenvalue weighted by Crippen LogP contribution is -2.49. The Kier molecular flexibility index (Phi) is 3.33. The lowest BCUT2D eigenvalue weighted by molar-refractivity contribution is -0.130. The Morgan fingerprint density at radius 3 is 2.06 bits per heavy atom. The fraction of sp³-hybridized carbons (Fsp3) is 1.00. The van der Waals surface area contributed by atoms with E-state index >= 15 is 0 Å². The van der Waals surface area contributed by atoms with Crippen LogP contribution in [-0.4, -0.2) is 36.2 Å². The van der Waals surface area contributed by atoms with Crippen LogP contribution >= 0.6 is 0 Å². The molecule has 2 rings (SSSR count). The number of hydrogen-bond acceptors (Lipinski definition) is 2. The van der Waals surface area contributed by atoms with Gasteiger partial charge in [-0.25, -0.2) is 0 Å². The fourth-order valence-corrected chi connectivity index (χ4v) is 2.97. The number of nitrogens with zero attached hydrogens (tertiary/aromatic N) is 1. The largest absolute Gasteiger partial charge is 0.375 e. The van der Waals surface area contributed by atoms with Gasteiger partial charge in [-0.1, -0.05) is 0 Å². The number of piperidine rings is 1. The summed E-state index contributed by atoms with van der Waals surface area (Å²) in [5.74, 6) is 0. The van der Waals surface area contributed by atoms with Crippen LogP contribution in [0.4, 0.5) is 0 Å². The smallest absolute Gasteiger partial charge is 0.0627 e. The van der Waals surface area contributed by atoms with Gasteiger partial charge >= 0.3 is 0 Å². The van der Waals surface area contributed by atoms with Crippen molar-refractivity contribution in [2.24, 2.45) is 5.41 Å². The van der Waals surface area contributed by atoms with Gasteiger partial charge in [0.1, 0.15) is 0 Å². The summed E-state index contributed by atoms with van der Waals surface area (Å²) in [4.78, 5) is 2.60. The molecule has 2 aliphatic rings. The van der Waals surface area contributed by atoms with Gasteiger partial charge in [0.25, 0.3) is 0 Å². The average molecular weight is 225 g/mol. The summed E-state index contributed by atoms with van der Waals surface area (Å²) in [5, 5.41) is 0. The molecule has 0 bridgehead atoms. The number of rotatable bonds is 1. The number of hydrogen-bond donors (Lipinski definition) is 0. The first-order valence-corrected chi connectivity index (χ1v) is 6.81. The van der Waals surface area contributed by atoms with Crippen LogP contribution in [0.25, 0.3) is 0 Å². The molecule has 0 atom stereocenters. The molecule has 0 aromatic rings. The number of likely N-dealkylation sites (tertiary alicyclic amines) is 1. The summed E-state index contributed by atoms with van der Waals surface area (Å²) in [7, 11) is 0. The minimum Gasteiger partial charge on any atom is -0.375 e. The second-order valence-corrected chi connectivity index (χ2v) is 6.68. The van der Waals surface area contributed by atoms with Gasteiger partial charge in [-0.3, -0.25) is 0 Å². The van der Waals surface area contributed by atoms with Crippen molar-refractivity contribution in [3.8, 4) is 0 Å². The monoisotopic (exact) mass is 225 g/mol. The van der Waals surface area contributed by atoms with Crippen LogP contribution in [-0.2, 0) is 4.74 Å². The normalized spacial score (nSPS) is 29.8. The third-order valence-corrected chi connectivity index (χ3v) is 4.62. The topological polar surface area (TPSA) is 12.5 Å². The van der Waals surface area contributed by atoms with Crippen LogP contribution in [0.3, 0.4) is 0 Å². The molecule has 0 amide bonds. The van der Waals surface area contributed by atoms with Crippen LogP contribution in [0.5, 0.6) is 0 Å². The Morgan fingerprint density at radius 1 is 1.00 bits per heavy atom. The SMILES string of the molecule is CC(C)N1CCC2(CC1)CCC(C)(C)OC2. The zero-order valence-corrected chi connectivity index (χ0v) is 11.4. The van der Waals surface area contributed by atoms with Crippen molar-refractivity contribution >= 4 is 0 Å². The van der Waals surface area contributed by atoms with E-state index in [0.29, 0.717) is 11.5 Å². The zero-order valence-electron chi connectivity index (χ0n) is 11.4. The van der Waals surface area contributed by atoms with Crippen molar-refractivity contribution < 1.29 is 4.74 Å². The third kappa shape index (κ3) is 2.60. The summed E-state index contributed by atoms with van der Waals surface area (Å²) in [6.45, 7) is 12.6. The molecular weight excluding hydrogens is 198 g/mol. The van der Waals surface area contributed by atoms with Gasteiger partial charge in [0.15, 0.2) is 0 Å². The molecule has 1 spiro atoms. The van der Waals surface area contributed by atoms with Crippen molar-refractivity contribution in [2.75, 3.05) is 19.7 Å². The second kappa shape index (κ2) is 4.30. The van der Waals surface area contributed by atoms with Gasteiger partial charge in [0.2, 0.25) is 0 Å². The van der Waals surface area contributed by atoms with Crippen molar-refractivity contribution in [1.82, 2.24) is 4.90 Å². The first kappa shape index (κ1) is 12.4. The molecule has 2 heterocycles.